The Balaban J connectivity index is 1.99. The molecule has 114 valence electrons. The van der Waals surface area contributed by atoms with Crippen LogP contribution in [0.1, 0.15) is 13.3 Å². The molecule has 2 aromatic heterocycles. The van der Waals surface area contributed by atoms with Gasteiger partial charge in [-0.2, -0.15) is 5.10 Å². The number of anilines is 1. The van der Waals surface area contributed by atoms with Crippen molar-refractivity contribution in [3.8, 4) is 0 Å². The van der Waals surface area contributed by atoms with Gasteiger partial charge in [0.25, 0.3) is 10.0 Å². The highest BCUT2D eigenvalue weighted by molar-refractivity contribution is 7.92. The molecule has 0 bridgehead atoms. The van der Waals surface area contributed by atoms with Crippen molar-refractivity contribution in [2.75, 3.05) is 17.8 Å². The Morgan fingerprint density at radius 2 is 2.14 bits per heavy atom. The highest BCUT2D eigenvalue weighted by Gasteiger charge is 2.16. The minimum atomic E-state index is -3.62. The van der Waals surface area contributed by atoms with Crippen molar-refractivity contribution in [3.63, 3.8) is 0 Å². The van der Waals surface area contributed by atoms with Crippen molar-refractivity contribution >= 4 is 15.7 Å². The number of hydrogen-bond donors (Lipinski definition) is 2. The van der Waals surface area contributed by atoms with Gasteiger partial charge in [0.1, 0.15) is 4.90 Å². The summed E-state index contributed by atoms with van der Waals surface area (Å²) in [5.41, 5.74) is 0.426. The summed E-state index contributed by atoms with van der Waals surface area (Å²) in [6.07, 6.45) is 6.97. The van der Waals surface area contributed by atoms with E-state index in [4.69, 9.17) is 0 Å². The Bertz CT molecular complexity index is 654. The maximum atomic E-state index is 12.2. The molecule has 0 saturated carbocycles. The lowest BCUT2D eigenvalue weighted by atomic mass is 10.4. The third-order valence-electron chi connectivity index (χ3n) is 2.78. The van der Waals surface area contributed by atoms with Crippen LogP contribution in [0.4, 0.5) is 5.69 Å². The van der Waals surface area contributed by atoms with Crippen LogP contribution in [-0.2, 0) is 16.6 Å². The third kappa shape index (κ3) is 4.54. The van der Waals surface area contributed by atoms with Gasteiger partial charge >= 0.3 is 0 Å². The molecule has 0 aliphatic carbocycles. The second-order valence-corrected chi connectivity index (χ2v) is 6.22. The zero-order chi connectivity index (χ0) is 15.1. The van der Waals surface area contributed by atoms with Crippen molar-refractivity contribution in [3.05, 3.63) is 36.9 Å². The van der Waals surface area contributed by atoms with E-state index in [9.17, 15) is 8.42 Å². The van der Waals surface area contributed by atoms with Crippen LogP contribution in [0.2, 0.25) is 0 Å². The fraction of sp³-hybridized carbons (Fsp3) is 0.385. The van der Waals surface area contributed by atoms with Gasteiger partial charge in [0, 0.05) is 18.9 Å². The van der Waals surface area contributed by atoms with Crippen molar-refractivity contribution in [2.24, 2.45) is 0 Å². The standard InChI is InChI=1S/C13H19N5O2S/c1-2-5-14-7-8-18-11-13(10-16-18)21(19,20)17-12-4-3-6-15-9-12/h3-4,6,9-11,14,17H,2,5,7-8H2,1H3. The molecular weight excluding hydrogens is 290 g/mol. The summed E-state index contributed by atoms with van der Waals surface area (Å²) >= 11 is 0. The van der Waals surface area contributed by atoms with Crippen molar-refractivity contribution in [2.45, 2.75) is 24.8 Å². The molecule has 0 radical (unpaired) electrons. The molecule has 0 amide bonds. The predicted molar refractivity (Wildman–Crippen MR) is 80.4 cm³/mol. The number of sulfonamides is 1. The van der Waals surface area contributed by atoms with Gasteiger partial charge in [0.2, 0.25) is 0 Å². The maximum absolute atomic E-state index is 12.2. The summed E-state index contributed by atoms with van der Waals surface area (Å²) in [5, 5.41) is 7.30. The minimum Gasteiger partial charge on any atom is -0.315 e. The minimum absolute atomic E-state index is 0.141. The quantitative estimate of drug-likeness (QED) is 0.712. The fourth-order valence-corrected chi connectivity index (χ4v) is 2.73. The second-order valence-electron chi connectivity index (χ2n) is 4.54. The molecule has 2 heterocycles. The average Bonchev–Trinajstić information content (AvgIpc) is 2.94. The van der Waals surface area contributed by atoms with Gasteiger partial charge in [0.15, 0.2) is 0 Å². The Kier molecular flexibility index (Phi) is 5.29. The Hall–Kier alpha value is -1.93. The van der Waals surface area contributed by atoms with Gasteiger partial charge < -0.3 is 5.32 Å². The summed E-state index contributed by atoms with van der Waals surface area (Å²) < 4.78 is 28.4. The molecule has 0 fully saturated rings. The van der Waals surface area contributed by atoms with E-state index < -0.39 is 10.0 Å². The van der Waals surface area contributed by atoms with E-state index in [0.717, 1.165) is 19.5 Å². The molecule has 0 aliphatic rings. The molecular formula is C13H19N5O2S. The van der Waals surface area contributed by atoms with Gasteiger partial charge in [-0.25, -0.2) is 8.42 Å². The molecule has 0 aromatic carbocycles. The van der Waals surface area contributed by atoms with E-state index >= 15 is 0 Å². The summed E-state index contributed by atoms with van der Waals surface area (Å²) in [5.74, 6) is 0. The van der Waals surface area contributed by atoms with E-state index in [-0.39, 0.29) is 4.90 Å². The van der Waals surface area contributed by atoms with Gasteiger partial charge in [-0.3, -0.25) is 14.4 Å². The molecule has 0 saturated heterocycles. The monoisotopic (exact) mass is 309 g/mol. The zero-order valence-corrected chi connectivity index (χ0v) is 12.7. The lowest BCUT2D eigenvalue weighted by Gasteiger charge is -2.05. The smallest absolute Gasteiger partial charge is 0.265 e. The molecule has 0 aliphatic heterocycles. The first-order valence-corrected chi connectivity index (χ1v) is 8.26. The van der Waals surface area contributed by atoms with Crippen LogP contribution in [-0.4, -0.2) is 36.3 Å². The number of nitrogens with one attached hydrogen (secondary N) is 2. The summed E-state index contributed by atoms with van der Waals surface area (Å²) in [4.78, 5) is 4.01. The first-order chi connectivity index (χ1) is 10.1. The van der Waals surface area contributed by atoms with Crippen LogP contribution in [0.3, 0.4) is 0 Å². The largest absolute Gasteiger partial charge is 0.315 e. The molecule has 8 heteroatoms. The highest BCUT2D eigenvalue weighted by atomic mass is 32.2. The summed E-state index contributed by atoms with van der Waals surface area (Å²) in [6, 6.07) is 3.31. The normalized spacial score (nSPS) is 11.5. The Morgan fingerprint density at radius 1 is 1.29 bits per heavy atom. The number of aromatic nitrogens is 3. The van der Waals surface area contributed by atoms with Crippen molar-refractivity contribution in [1.82, 2.24) is 20.1 Å². The van der Waals surface area contributed by atoms with Crippen LogP contribution in [0.5, 0.6) is 0 Å². The fourth-order valence-electron chi connectivity index (χ4n) is 1.74. The average molecular weight is 309 g/mol. The SMILES string of the molecule is CCCNCCn1cc(S(=O)(=O)Nc2cccnc2)cn1. The summed E-state index contributed by atoms with van der Waals surface area (Å²) in [6.45, 7) is 4.41. The number of hydrogen-bond acceptors (Lipinski definition) is 5. The molecule has 2 rings (SSSR count). The first-order valence-electron chi connectivity index (χ1n) is 6.78. The molecule has 0 atom stereocenters. The van der Waals surface area contributed by atoms with Crippen LogP contribution >= 0.6 is 0 Å². The molecule has 21 heavy (non-hydrogen) atoms. The third-order valence-corrected chi connectivity index (χ3v) is 4.11. The van der Waals surface area contributed by atoms with E-state index in [2.05, 4.69) is 27.0 Å². The topological polar surface area (TPSA) is 88.9 Å². The van der Waals surface area contributed by atoms with Gasteiger partial charge in [0.05, 0.1) is 24.6 Å². The molecule has 0 unspecified atom stereocenters. The van der Waals surface area contributed by atoms with Crippen LogP contribution < -0.4 is 10.0 Å². The van der Waals surface area contributed by atoms with Gasteiger partial charge in [-0.15, -0.1) is 0 Å². The van der Waals surface area contributed by atoms with E-state index in [1.54, 1.807) is 23.0 Å². The Morgan fingerprint density at radius 3 is 2.86 bits per heavy atom. The van der Waals surface area contributed by atoms with Gasteiger partial charge in [-0.1, -0.05) is 6.92 Å². The van der Waals surface area contributed by atoms with Crippen LogP contribution in [0.15, 0.2) is 41.8 Å². The molecule has 2 aromatic rings. The zero-order valence-electron chi connectivity index (χ0n) is 11.9. The summed E-state index contributed by atoms with van der Waals surface area (Å²) in [7, 11) is -3.62. The Labute approximate surface area is 124 Å². The van der Waals surface area contributed by atoms with Crippen molar-refractivity contribution < 1.29 is 8.42 Å². The van der Waals surface area contributed by atoms with E-state index in [1.165, 1.54) is 18.6 Å². The lowest BCUT2D eigenvalue weighted by molar-refractivity contribution is 0.552. The first kappa shape index (κ1) is 15.5. The number of nitrogens with zero attached hydrogens (tertiary/aromatic N) is 3. The second kappa shape index (κ2) is 7.19. The number of pyridine rings is 1. The van der Waals surface area contributed by atoms with Crippen molar-refractivity contribution in [1.29, 1.82) is 0 Å². The highest BCUT2D eigenvalue weighted by Crippen LogP contribution is 2.13. The molecule has 0 spiro atoms. The molecule has 2 N–H and O–H groups in total. The van der Waals surface area contributed by atoms with E-state index in [0.29, 0.717) is 12.2 Å². The van der Waals surface area contributed by atoms with Crippen LogP contribution in [0, 0.1) is 0 Å². The van der Waals surface area contributed by atoms with Crippen LogP contribution in [0.25, 0.3) is 0 Å². The van der Waals surface area contributed by atoms with E-state index in [1.807, 2.05) is 0 Å². The van der Waals surface area contributed by atoms with Gasteiger partial charge in [-0.05, 0) is 25.1 Å². The molecule has 7 nitrogen and oxygen atoms in total. The lowest BCUT2D eigenvalue weighted by Crippen LogP contribution is -2.20. The number of rotatable bonds is 8. The maximum Gasteiger partial charge on any atom is 0.265 e. The predicted octanol–water partition coefficient (Wildman–Crippen LogP) is 1.08.